The van der Waals surface area contributed by atoms with Gasteiger partial charge in [-0.05, 0) is 21.0 Å². The van der Waals surface area contributed by atoms with Crippen LogP contribution in [0.4, 0.5) is 0 Å². The number of esters is 1. The Labute approximate surface area is 80.8 Å². The number of nitrogens with zero attached hydrogens (tertiary/aromatic N) is 1. The van der Waals surface area contributed by atoms with E-state index in [1.54, 1.807) is 6.92 Å². The third-order valence-electron chi connectivity index (χ3n) is 1.12. The van der Waals surface area contributed by atoms with E-state index in [0.29, 0.717) is 12.2 Å². The summed E-state index contributed by atoms with van der Waals surface area (Å²) >= 11 is 0. The van der Waals surface area contributed by atoms with E-state index in [1.807, 2.05) is 19.0 Å². The molecule has 0 aromatic heterocycles. The highest BCUT2D eigenvalue weighted by Crippen LogP contribution is 1.91. The fraction of sp³-hybridized carbons (Fsp3) is 0.625. The van der Waals surface area contributed by atoms with Gasteiger partial charge in [-0.1, -0.05) is 6.58 Å². The van der Waals surface area contributed by atoms with Crippen LogP contribution in [0.5, 0.6) is 0 Å². The molecule has 0 aromatic rings. The van der Waals surface area contributed by atoms with Crippen LogP contribution >= 0.6 is 13.5 Å². The number of carbonyl (C=O) groups excluding carboxylic acids is 1. The molecule has 72 valence electrons. The number of rotatable bonds is 4. The van der Waals surface area contributed by atoms with Crippen LogP contribution < -0.4 is 0 Å². The summed E-state index contributed by atoms with van der Waals surface area (Å²) in [6.07, 6.45) is 0. The van der Waals surface area contributed by atoms with Gasteiger partial charge in [-0.25, -0.2) is 4.79 Å². The van der Waals surface area contributed by atoms with Gasteiger partial charge in [0.25, 0.3) is 0 Å². The predicted octanol–water partition coefficient (Wildman–Crippen LogP) is 0.780. The predicted molar refractivity (Wildman–Crippen MR) is 54.7 cm³/mol. The van der Waals surface area contributed by atoms with Crippen LogP contribution in [-0.4, -0.2) is 38.1 Å². The Morgan fingerprint density at radius 1 is 1.50 bits per heavy atom. The summed E-state index contributed by atoms with van der Waals surface area (Å²) < 4.78 is 4.83. The van der Waals surface area contributed by atoms with E-state index < -0.39 is 0 Å². The molecule has 0 rings (SSSR count). The molecule has 0 amide bonds. The highest BCUT2D eigenvalue weighted by Gasteiger charge is 2.01. The molecule has 0 fully saturated rings. The normalized spacial score (nSPS) is 9.00. The van der Waals surface area contributed by atoms with E-state index >= 15 is 0 Å². The summed E-state index contributed by atoms with van der Waals surface area (Å²) in [7, 11) is 3.85. The summed E-state index contributed by atoms with van der Waals surface area (Å²) in [6, 6.07) is 0. The maximum Gasteiger partial charge on any atom is 0.333 e. The fourth-order valence-electron chi connectivity index (χ4n) is 0.444. The molecule has 0 heterocycles. The highest BCUT2D eigenvalue weighted by atomic mass is 32.1. The van der Waals surface area contributed by atoms with E-state index in [4.69, 9.17) is 4.74 Å². The van der Waals surface area contributed by atoms with Crippen LogP contribution in [-0.2, 0) is 9.53 Å². The van der Waals surface area contributed by atoms with Crippen molar-refractivity contribution in [1.82, 2.24) is 4.90 Å². The van der Waals surface area contributed by atoms with Crippen LogP contribution in [0.3, 0.4) is 0 Å². The molecule has 0 aliphatic heterocycles. The van der Waals surface area contributed by atoms with Gasteiger partial charge < -0.3 is 9.64 Å². The molecule has 0 aromatic carbocycles. The Morgan fingerprint density at radius 2 is 2.00 bits per heavy atom. The molecule has 0 saturated carbocycles. The first kappa shape index (κ1) is 14.1. The summed E-state index contributed by atoms with van der Waals surface area (Å²) in [5.74, 6) is -0.313. The zero-order valence-electron chi connectivity index (χ0n) is 7.89. The van der Waals surface area contributed by atoms with Crippen molar-refractivity contribution < 1.29 is 9.53 Å². The molecule has 0 aliphatic carbocycles. The van der Waals surface area contributed by atoms with Gasteiger partial charge in [0.05, 0.1) is 0 Å². The van der Waals surface area contributed by atoms with Crippen molar-refractivity contribution in [2.75, 3.05) is 27.2 Å². The summed E-state index contributed by atoms with van der Waals surface area (Å²) in [6.45, 7) is 6.28. The Bertz CT molecular complexity index is 157. The van der Waals surface area contributed by atoms with Crippen molar-refractivity contribution >= 4 is 19.5 Å². The van der Waals surface area contributed by atoms with E-state index in [2.05, 4.69) is 6.58 Å². The number of hydrogen-bond acceptors (Lipinski definition) is 3. The van der Waals surface area contributed by atoms with Crippen LogP contribution in [0.25, 0.3) is 0 Å². The average Bonchev–Trinajstić information content (AvgIpc) is 1.86. The second kappa shape index (κ2) is 7.18. The smallest absolute Gasteiger partial charge is 0.333 e. The second-order valence-electron chi connectivity index (χ2n) is 2.72. The number of carbonyl (C=O) groups is 1. The summed E-state index contributed by atoms with van der Waals surface area (Å²) in [4.78, 5) is 12.7. The minimum Gasteiger partial charge on any atom is -0.461 e. The minimum atomic E-state index is -0.313. The van der Waals surface area contributed by atoms with Crippen LogP contribution in [0, 0.1) is 0 Å². The van der Waals surface area contributed by atoms with Gasteiger partial charge in [0, 0.05) is 12.1 Å². The molecule has 0 bridgehead atoms. The minimum absolute atomic E-state index is 0. The first-order valence-electron chi connectivity index (χ1n) is 3.51. The molecule has 0 saturated heterocycles. The molecule has 12 heavy (non-hydrogen) atoms. The summed E-state index contributed by atoms with van der Waals surface area (Å²) in [5.41, 5.74) is 0.448. The van der Waals surface area contributed by atoms with Gasteiger partial charge in [0.1, 0.15) is 6.61 Å². The van der Waals surface area contributed by atoms with Gasteiger partial charge in [-0.2, -0.15) is 13.5 Å². The molecule has 0 unspecified atom stereocenters. The van der Waals surface area contributed by atoms with Crippen molar-refractivity contribution in [3.63, 3.8) is 0 Å². The lowest BCUT2D eigenvalue weighted by molar-refractivity contribution is -0.139. The van der Waals surface area contributed by atoms with E-state index in [9.17, 15) is 4.79 Å². The van der Waals surface area contributed by atoms with Crippen molar-refractivity contribution in [1.29, 1.82) is 0 Å². The van der Waals surface area contributed by atoms with Gasteiger partial charge in [-0.15, -0.1) is 0 Å². The first-order chi connectivity index (χ1) is 5.04. The molecule has 0 radical (unpaired) electrons. The van der Waals surface area contributed by atoms with Crippen LogP contribution in [0.1, 0.15) is 6.92 Å². The lowest BCUT2D eigenvalue weighted by Gasteiger charge is -2.09. The first-order valence-corrected chi connectivity index (χ1v) is 3.51. The Kier molecular flexibility index (Phi) is 8.42. The lowest BCUT2D eigenvalue weighted by Crippen LogP contribution is -2.20. The largest absolute Gasteiger partial charge is 0.461 e. The quantitative estimate of drug-likeness (QED) is 0.486. The van der Waals surface area contributed by atoms with Crippen molar-refractivity contribution in [3.8, 4) is 0 Å². The third-order valence-corrected chi connectivity index (χ3v) is 1.12. The van der Waals surface area contributed by atoms with Crippen LogP contribution in [0.2, 0.25) is 0 Å². The number of ether oxygens (including phenoxy) is 1. The van der Waals surface area contributed by atoms with Gasteiger partial charge in [-0.3, -0.25) is 0 Å². The van der Waals surface area contributed by atoms with E-state index in [1.165, 1.54) is 0 Å². The second-order valence-corrected chi connectivity index (χ2v) is 2.72. The van der Waals surface area contributed by atoms with Gasteiger partial charge >= 0.3 is 5.97 Å². The number of likely N-dealkylation sites (N-methyl/N-ethyl adjacent to an activating group) is 1. The molecule has 3 nitrogen and oxygen atoms in total. The zero-order chi connectivity index (χ0) is 8.85. The van der Waals surface area contributed by atoms with E-state index in [0.717, 1.165) is 6.54 Å². The highest BCUT2D eigenvalue weighted by molar-refractivity contribution is 7.59. The maximum atomic E-state index is 10.8. The Hall–Kier alpha value is -0.480. The molecule has 0 N–H and O–H groups in total. The third kappa shape index (κ3) is 7.63. The fourth-order valence-corrected chi connectivity index (χ4v) is 0.444. The monoisotopic (exact) mass is 191 g/mol. The Morgan fingerprint density at radius 3 is 2.33 bits per heavy atom. The molecule has 4 heteroatoms. The van der Waals surface area contributed by atoms with Crippen molar-refractivity contribution in [2.45, 2.75) is 6.92 Å². The standard InChI is InChI=1S/C8H15NO2.H2S/c1-7(2)8(10)11-6-5-9(3)4;/h1,5-6H2,2-4H3;1H2. The number of hydrogen-bond donors (Lipinski definition) is 0. The molecule has 0 aliphatic rings. The maximum absolute atomic E-state index is 10.8. The molecular formula is C8H17NO2S. The van der Waals surface area contributed by atoms with E-state index in [-0.39, 0.29) is 19.5 Å². The van der Waals surface area contributed by atoms with Crippen LogP contribution in [0.15, 0.2) is 12.2 Å². The molecule has 0 spiro atoms. The van der Waals surface area contributed by atoms with Crippen molar-refractivity contribution in [3.05, 3.63) is 12.2 Å². The molecule has 0 atom stereocenters. The molecular weight excluding hydrogens is 174 g/mol. The Balaban J connectivity index is 0. The topological polar surface area (TPSA) is 29.5 Å². The van der Waals surface area contributed by atoms with Gasteiger partial charge in [0.2, 0.25) is 0 Å². The SMILES string of the molecule is C=C(C)C(=O)OCCN(C)C.S. The lowest BCUT2D eigenvalue weighted by atomic mass is 10.4. The zero-order valence-corrected chi connectivity index (χ0v) is 8.89. The van der Waals surface area contributed by atoms with Crippen molar-refractivity contribution in [2.24, 2.45) is 0 Å². The van der Waals surface area contributed by atoms with Gasteiger partial charge in [0.15, 0.2) is 0 Å². The average molecular weight is 191 g/mol. The summed E-state index contributed by atoms with van der Waals surface area (Å²) in [5, 5.41) is 0.